The highest BCUT2D eigenvalue weighted by Gasteiger charge is 2.30. The molecule has 1 unspecified atom stereocenters. The summed E-state index contributed by atoms with van der Waals surface area (Å²) >= 11 is 0. The van der Waals surface area contributed by atoms with Crippen LogP contribution < -0.4 is 5.32 Å². The van der Waals surface area contributed by atoms with Crippen molar-refractivity contribution in [1.29, 1.82) is 0 Å². The maximum Gasteiger partial charge on any atom is 0.0977 e. The van der Waals surface area contributed by atoms with Crippen LogP contribution in [-0.2, 0) is 11.0 Å². The van der Waals surface area contributed by atoms with Crippen LogP contribution in [0.15, 0.2) is 0 Å². The summed E-state index contributed by atoms with van der Waals surface area (Å²) in [6.45, 7) is 5.09. The summed E-state index contributed by atoms with van der Waals surface area (Å²) in [5.74, 6) is 0. The molecule has 0 radical (unpaired) electrons. The molecule has 1 aliphatic carbocycles. The molecule has 0 spiro atoms. The minimum Gasteiger partial charge on any atom is -0.314 e. The highest BCUT2D eigenvalue weighted by atomic mass is 32.2. The Morgan fingerprint density at radius 1 is 1.36 bits per heavy atom. The lowest BCUT2D eigenvalue weighted by Gasteiger charge is -2.34. The van der Waals surface area contributed by atoms with Crippen molar-refractivity contribution in [2.75, 3.05) is 19.6 Å². The van der Waals surface area contributed by atoms with Crippen LogP contribution in [0.1, 0.15) is 32.6 Å². The fourth-order valence-electron chi connectivity index (χ4n) is 2.37. The van der Waals surface area contributed by atoms with E-state index in [2.05, 4.69) is 16.5 Å². The van der Waals surface area contributed by atoms with Crippen molar-refractivity contribution in [3.8, 4) is 0 Å². The monoisotopic (exact) mass is 216 g/mol. The summed E-state index contributed by atoms with van der Waals surface area (Å²) in [6.07, 6.45) is 4.89. The van der Waals surface area contributed by atoms with Gasteiger partial charge in [-0.15, -0.1) is 0 Å². The summed E-state index contributed by atoms with van der Waals surface area (Å²) in [7, 11) is -0.719. The molecule has 1 heterocycles. The molecule has 3 nitrogen and oxygen atoms in total. The number of hydrogen-bond acceptors (Lipinski definition) is 2. The Balaban J connectivity index is 1.94. The van der Waals surface area contributed by atoms with E-state index < -0.39 is 11.0 Å². The number of nitrogens with zero attached hydrogens (tertiary/aromatic N) is 1. The summed E-state index contributed by atoms with van der Waals surface area (Å²) in [6, 6.07) is 0.435. The van der Waals surface area contributed by atoms with Crippen molar-refractivity contribution in [2.24, 2.45) is 0 Å². The van der Waals surface area contributed by atoms with Gasteiger partial charge >= 0.3 is 0 Å². The van der Waals surface area contributed by atoms with Crippen molar-refractivity contribution in [2.45, 2.75) is 43.9 Å². The van der Waals surface area contributed by atoms with Crippen LogP contribution in [0, 0.1) is 0 Å². The number of hydrogen-bond donors (Lipinski definition) is 1. The Morgan fingerprint density at radius 3 is 2.71 bits per heavy atom. The van der Waals surface area contributed by atoms with Crippen LogP contribution in [0.3, 0.4) is 0 Å². The topological polar surface area (TPSA) is 32.3 Å². The van der Waals surface area contributed by atoms with Gasteiger partial charge in [0.05, 0.1) is 11.0 Å². The minimum atomic E-state index is -0.719. The predicted octanol–water partition coefficient (Wildman–Crippen LogP) is 0.886. The van der Waals surface area contributed by atoms with E-state index in [-0.39, 0.29) is 0 Å². The first-order chi connectivity index (χ1) is 6.79. The molecular weight excluding hydrogens is 196 g/mol. The molecule has 0 aromatic heterocycles. The fraction of sp³-hybridized carbons (Fsp3) is 1.00. The molecule has 2 fully saturated rings. The predicted molar refractivity (Wildman–Crippen MR) is 59.4 cm³/mol. The molecule has 2 atom stereocenters. The maximum atomic E-state index is 12.2. The van der Waals surface area contributed by atoms with Crippen molar-refractivity contribution < 1.29 is 4.21 Å². The molecule has 1 N–H and O–H groups in total. The van der Waals surface area contributed by atoms with Crippen LogP contribution >= 0.6 is 0 Å². The van der Waals surface area contributed by atoms with Gasteiger partial charge in [-0.25, -0.2) is 8.51 Å². The Hall–Kier alpha value is 0.0700. The first-order valence-corrected chi connectivity index (χ1v) is 6.84. The molecule has 0 aromatic carbocycles. The Morgan fingerprint density at radius 2 is 2.07 bits per heavy atom. The van der Waals surface area contributed by atoms with Crippen LogP contribution in [0.4, 0.5) is 0 Å². The third-order valence-electron chi connectivity index (χ3n) is 3.26. The first-order valence-electron chi connectivity index (χ1n) is 5.67. The second-order valence-electron chi connectivity index (χ2n) is 4.38. The van der Waals surface area contributed by atoms with E-state index in [0.717, 1.165) is 19.6 Å². The van der Waals surface area contributed by atoms with Crippen molar-refractivity contribution >= 4 is 11.0 Å². The number of rotatable bonds is 2. The highest BCUT2D eigenvalue weighted by molar-refractivity contribution is 7.83. The highest BCUT2D eigenvalue weighted by Crippen LogP contribution is 2.25. The molecule has 0 aromatic rings. The summed E-state index contributed by atoms with van der Waals surface area (Å²) < 4.78 is 14.4. The molecule has 0 amide bonds. The van der Waals surface area contributed by atoms with Gasteiger partial charge in [-0.1, -0.05) is 12.8 Å². The second-order valence-corrected chi connectivity index (χ2v) is 6.06. The molecule has 1 saturated carbocycles. The summed E-state index contributed by atoms with van der Waals surface area (Å²) in [4.78, 5) is 0. The van der Waals surface area contributed by atoms with E-state index in [1.807, 2.05) is 0 Å². The Bertz CT molecular complexity index is 216. The summed E-state index contributed by atoms with van der Waals surface area (Å²) in [5.41, 5.74) is 0. The lowest BCUT2D eigenvalue weighted by Crippen LogP contribution is -2.51. The van der Waals surface area contributed by atoms with Gasteiger partial charge in [-0.05, 0) is 19.8 Å². The largest absolute Gasteiger partial charge is 0.314 e. The lowest BCUT2D eigenvalue weighted by atomic mass is 10.3. The molecule has 2 rings (SSSR count). The van der Waals surface area contributed by atoms with Gasteiger partial charge in [0.1, 0.15) is 0 Å². The lowest BCUT2D eigenvalue weighted by molar-refractivity contribution is 0.295. The molecule has 1 aliphatic heterocycles. The zero-order chi connectivity index (χ0) is 9.97. The molecule has 14 heavy (non-hydrogen) atoms. The average molecular weight is 216 g/mol. The van der Waals surface area contributed by atoms with E-state index in [0.29, 0.717) is 11.3 Å². The van der Waals surface area contributed by atoms with Gasteiger partial charge in [0.2, 0.25) is 0 Å². The van der Waals surface area contributed by atoms with Gasteiger partial charge in [-0.2, -0.15) is 0 Å². The fourth-order valence-corrected chi connectivity index (χ4v) is 4.19. The molecule has 2 aliphatic rings. The van der Waals surface area contributed by atoms with Gasteiger partial charge in [0.15, 0.2) is 0 Å². The van der Waals surface area contributed by atoms with E-state index in [1.54, 1.807) is 0 Å². The van der Waals surface area contributed by atoms with E-state index in [1.165, 1.54) is 25.7 Å². The Labute approximate surface area is 88.8 Å². The van der Waals surface area contributed by atoms with Gasteiger partial charge < -0.3 is 5.32 Å². The standard InChI is InChI=1S/C10H20N2OS/c1-9-8-11-6-7-12(9)14(13)10-4-2-3-5-10/h9-11H,2-8H2,1H3/t9-,14?/m1/s1. The third kappa shape index (κ3) is 2.18. The van der Waals surface area contributed by atoms with Crippen molar-refractivity contribution in [3.05, 3.63) is 0 Å². The van der Waals surface area contributed by atoms with Crippen LogP contribution in [0.25, 0.3) is 0 Å². The minimum absolute atomic E-state index is 0.435. The van der Waals surface area contributed by atoms with Gasteiger partial charge in [-0.3, -0.25) is 0 Å². The van der Waals surface area contributed by atoms with Crippen LogP contribution in [0.5, 0.6) is 0 Å². The molecule has 1 saturated heterocycles. The van der Waals surface area contributed by atoms with Gasteiger partial charge in [0.25, 0.3) is 0 Å². The smallest absolute Gasteiger partial charge is 0.0977 e. The van der Waals surface area contributed by atoms with Crippen LogP contribution in [-0.4, -0.2) is 39.4 Å². The van der Waals surface area contributed by atoms with E-state index >= 15 is 0 Å². The van der Waals surface area contributed by atoms with E-state index in [9.17, 15) is 4.21 Å². The first kappa shape index (κ1) is 10.6. The molecular formula is C10H20N2OS. The molecule has 0 bridgehead atoms. The van der Waals surface area contributed by atoms with Gasteiger partial charge in [0, 0.05) is 30.9 Å². The average Bonchev–Trinajstić information content (AvgIpc) is 2.70. The maximum absolute atomic E-state index is 12.2. The van der Waals surface area contributed by atoms with Crippen molar-refractivity contribution in [3.63, 3.8) is 0 Å². The third-order valence-corrected chi connectivity index (χ3v) is 5.31. The van der Waals surface area contributed by atoms with Crippen molar-refractivity contribution in [1.82, 2.24) is 9.62 Å². The zero-order valence-electron chi connectivity index (χ0n) is 8.87. The zero-order valence-corrected chi connectivity index (χ0v) is 9.68. The van der Waals surface area contributed by atoms with E-state index in [4.69, 9.17) is 0 Å². The SMILES string of the molecule is C[C@@H]1CNCCN1S(=O)C1CCCC1. The molecule has 4 heteroatoms. The summed E-state index contributed by atoms with van der Waals surface area (Å²) in [5, 5.41) is 3.79. The second kappa shape index (κ2) is 4.73. The quantitative estimate of drug-likeness (QED) is 0.743. The number of nitrogens with one attached hydrogen (secondary N) is 1. The van der Waals surface area contributed by atoms with Crippen LogP contribution in [0.2, 0.25) is 0 Å². The number of piperazine rings is 1. The molecule has 82 valence electrons. The Kier molecular flexibility index (Phi) is 3.57. The normalized spacial score (nSPS) is 33.4.